The van der Waals surface area contributed by atoms with E-state index in [2.05, 4.69) is 50.9 Å². The molecule has 0 aliphatic carbocycles. The van der Waals surface area contributed by atoms with Crippen LogP contribution in [0.4, 0.5) is 0 Å². The molecule has 1 aromatic carbocycles. The molecule has 0 unspecified atom stereocenters. The molecule has 0 spiro atoms. The Morgan fingerprint density at radius 2 is 1.94 bits per heavy atom. The highest BCUT2D eigenvalue weighted by molar-refractivity contribution is 5.33. The van der Waals surface area contributed by atoms with Crippen LogP contribution in [0.15, 0.2) is 24.3 Å². The maximum absolute atomic E-state index is 5.83. The molecule has 0 aliphatic rings. The largest absolute Gasteiger partial charge is 0.493 e. The normalized spacial score (nSPS) is 11.2. The fourth-order valence-corrected chi connectivity index (χ4v) is 1.69. The number of hydrogen-bond donors (Lipinski definition) is 0. The number of benzene rings is 1. The van der Waals surface area contributed by atoms with E-state index in [4.69, 9.17) is 4.74 Å². The highest BCUT2D eigenvalue weighted by atomic mass is 16.5. The molecule has 1 aromatic rings. The van der Waals surface area contributed by atoms with Crippen molar-refractivity contribution in [2.45, 2.75) is 39.7 Å². The highest BCUT2D eigenvalue weighted by Gasteiger charge is 2.03. The third-order valence-electron chi connectivity index (χ3n) is 3.15. The summed E-state index contributed by atoms with van der Waals surface area (Å²) in [5.74, 6) is 1.04. The minimum Gasteiger partial charge on any atom is -0.493 e. The summed E-state index contributed by atoms with van der Waals surface area (Å²) in [6.45, 7) is 8.48. The zero-order valence-corrected chi connectivity index (χ0v) is 11.6. The zero-order chi connectivity index (χ0) is 12.7. The van der Waals surface area contributed by atoms with Gasteiger partial charge in [-0.2, -0.15) is 0 Å². The SMILES string of the molecule is CCc1ccccc1OCCCN(C)C(C)C. The molecular formula is C15H25NO. The van der Waals surface area contributed by atoms with Crippen molar-refractivity contribution in [1.29, 1.82) is 0 Å². The van der Waals surface area contributed by atoms with Crippen molar-refractivity contribution < 1.29 is 4.74 Å². The Morgan fingerprint density at radius 3 is 2.59 bits per heavy atom. The predicted molar refractivity (Wildman–Crippen MR) is 73.7 cm³/mol. The summed E-state index contributed by atoms with van der Waals surface area (Å²) in [7, 11) is 2.16. The quantitative estimate of drug-likeness (QED) is 0.672. The van der Waals surface area contributed by atoms with Crippen LogP contribution >= 0.6 is 0 Å². The molecular weight excluding hydrogens is 210 g/mol. The van der Waals surface area contributed by atoms with Gasteiger partial charge in [-0.3, -0.25) is 0 Å². The van der Waals surface area contributed by atoms with Crippen molar-refractivity contribution in [3.05, 3.63) is 29.8 Å². The Kier molecular flexibility index (Phi) is 6.06. The molecule has 2 nitrogen and oxygen atoms in total. The van der Waals surface area contributed by atoms with Gasteiger partial charge in [0.1, 0.15) is 5.75 Å². The van der Waals surface area contributed by atoms with Gasteiger partial charge < -0.3 is 9.64 Å². The van der Waals surface area contributed by atoms with Crippen LogP contribution < -0.4 is 4.74 Å². The summed E-state index contributed by atoms with van der Waals surface area (Å²) < 4.78 is 5.83. The molecule has 0 saturated carbocycles. The highest BCUT2D eigenvalue weighted by Crippen LogP contribution is 2.18. The van der Waals surface area contributed by atoms with Crippen LogP contribution in [-0.2, 0) is 6.42 Å². The standard InChI is InChI=1S/C15H25NO/c1-5-14-9-6-7-10-15(14)17-12-8-11-16(4)13(2)3/h6-7,9-10,13H,5,8,11-12H2,1-4H3. The van der Waals surface area contributed by atoms with Crippen molar-refractivity contribution in [1.82, 2.24) is 4.90 Å². The number of para-hydroxylation sites is 1. The fourth-order valence-electron chi connectivity index (χ4n) is 1.69. The second-order valence-electron chi connectivity index (χ2n) is 4.74. The maximum Gasteiger partial charge on any atom is 0.122 e. The molecule has 0 amide bonds. The summed E-state index contributed by atoms with van der Waals surface area (Å²) >= 11 is 0. The van der Waals surface area contributed by atoms with Crippen LogP contribution in [0.2, 0.25) is 0 Å². The molecule has 2 heteroatoms. The van der Waals surface area contributed by atoms with E-state index in [0.717, 1.165) is 31.7 Å². The van der Waals surface area contributed by atoms with Crippen molar-refractivity contribution in [3.63, 3.8) is 0 Å². The van der Waals surface area contributed by atoms with Gasteiger partial charge in [0.25, 0.3) is 0 Å². The second kappa shape index (κ2) is 7.33. The van der Waals surface area contributed by atoms with E-state index in [-0.39, 0.29) is 0 Å². The van der Waals surface area contributed by atoms with E-state index < -0.39 is 0 Å². The number of nitrogens with zero attached hydrogens (tertiary/aromatic N) is 1. The van der Waals surface area contributed by atoms with E-state index in [1.165, 1.54) is 5.56 Å². The van der Waals surface area contributed by atoms with Crippen molar-refractivity contribution >= 4 is 0 Å². The number of rotatable bonds is 7. The van der Waals surface area contributed by atoms with Gasteiger partial charge in [0.05, 0.1) is 6.61 Å². The predicted octanol–water partition coefficient (Wildman–Crippen LogP) is 3.36. The molecule has 0 bridgehead atoms. The summed E-state index contributed by atoms with van der Waals surface area (Å²) in [4.78, 5) is 2.34. The maximum atomic E-state index is 5.83. The van der Waals surface area contributed by atoms with E-state index >= 15 is 0 Å². The van der Waals surface area contributed by atoms with Gasteiger partial charge in [-0.05, 0) is 45.4 Å². The molecule has 0 aromatic heterocycles. The first-order valence-corrected chi connectivity index (χ1v) is 6.56. The number of aryl methyl sites for hydroxylation is 1. The van der Waals surface area contributed by atoms with Crippen molar-refractivity contribution in [3.8, 4) is 5.75 Å². The Labute approximate surface area is 106 Å². The molecule has 1 rings (SSSR count). The number of ether oxygens (including phenoxy) is 1. The third-order valence-corrected chi connectivity index (χ3v) is 3.15. The van der Waals surface area contributed by atoms with E-state index in [1.54, 1.807) is 0 Å². The molecule has 0 N–H and O–H groups in total. The smallest absolute Gasteiger partial charge is 0.122 e. The zero-order valence-electron chi connectivity index (χ0n) is 11.6. The lowest BCUT2D eigenvalue weighted by Crippen LogP contribution is -2.28. The van der Waals surface area contributed by atoms with Gasteiger partial charge in [0.15, 0.2) is 0 Å². The van der Waals surface area contributed by atoms with Gasteiger partial charge in [0.2, 0.25) is 0 Å². The topological polar surface area (TPSA) is 12.5 Å². The Balaban J connectivity index is 2.31. The van der Waals surface area contributed by atoms with E-state index in [0.29, 0.717) is 6.04 Å². The van der Waals surface area contributed by atoms with Crippen molar-refractivity contribution in [2.24, 2.45) is 0 Å². The Bertz CT molecular complexity index is 322. The lowest BCUT2D eigenvalue weighted by Gasteiger charge is -2.20. The minimum atomic E-state index is 0.609. The van der Waals surface area contributed by atoms with Crippen molar-refractivity contribution in [2.75, 3.05) is 20.2 Å². The minimum absolute atomic E-state index is 0.609. The first kappa shape index (κ1) is 14.0. The van der Waals surface area contributed by atoms with Crippen LogP contribution in [0.1, 0.15) is 32.8 Å². The molecule has 96 valence electrons. The Hall–Kier alpha value is -1.02. The summed E-state index contributed by atoms with van der Waals surface area (Å²) in [6.07, 6.45) is 2.11. The summed E-state index contributed by atoms with van der Waals surface area (Å²) in [5.41, 5.74) is 1.30. The lowest BCUT2D eigenvalue weighted by molar-refractivity contribution is 0.233. The van der Waals surface area contributed by atoms with Gasteiger partial charge >= 0.3 is 0 Å². The first-order chi connectivity index (χ1) is 8.15. The first-order valence-electron chi connectivity index (χ1n) is 6.56. The summed E-state index contributed by atoms with van der Waals surface area (Å²) in [6, 6.07) is 8.91. The van der Waals surface area contributed by atoms with E-state index in [9.17, 15) is 0 Å². The summed E-state index contributed by atoms with van der Waals surface area (Å²) in [5, 5.41) is 0. The average molecular weight is 235 g/mol. The molecule has 0 atom stereocenters. The van der Waals surface area contributed by atoms with Crippen LogP contribution in [0, 0.1) is 0 Å². The third kappa shape index (κ3) is 4.78. The van der Waals surface area contributed by atoms with E-state index in [1.807, 2.05) is 6.07 Å². The van der Waals surface area contributed by atoms with Crippen LogP contribution in [0.5, 0.6) is 5.75 Å². The van der Waals surface area contributed by atoms with Gasteiger partial charge in [-0.1, -0.05) is 25.1 Å². The molecule has 0 heterocycles. The number of hydrogen-bond acceptors (Lipinski definition) is 2. The second-order valence-corrected chi connectivity index (χ2v) is 4.74. The monoisotopic (exact) mass is 235 g/mol. The van der Waals surface area contributed by atoms with Crippen LogP contribution in [-0.4, -0.2) is 31.1 Å². The van der Waals surface area contributed by atoms with Crippen LogP contribution in [0.3, 0.4) is 0 Å². The molecule has 0 aliphatic heterocycles. The van der Waals surface area contributed by atoms with Gasteiger partial charge in [-0.25, -0.2) is 0 Å². The van der Waals surface area contributed by atoms with Gasteiger partial charge in [0, 0.05) is 12.6 Å². The molecule has 0 radical (unpaired) electrons. The Morgan fingerprint density at radius 1 is 1.24 bits per heavy atom. The fraction of sp³-hybridized carbons (Fsp3) is 0.600. The van der Waals surface area contributed by atoms with Gasteiger partial charge in [-0.15, -0.1) is 0 Å². The molecule has 0 fully saturated rings. The van der Waals surface area contributed by atoms with Crippen LogP contribution in [0.25, 0.3) is 0 Å². The molecule has 0 saturated heterocycles. The average Bonchev–Trinajstić information content (AvgIpc) is 2.34. The molecule has 17 heavy (non-hydrogen) atoms. The lowest BCUT2D eigenvalue weighted by atomic mass is 10.1.